The Balaban J connectivity index is 2.07. The molecule has 0 radical (unpaired) electrons. The zero-order chi connectivity index (χ0) is 12.1. The summed E-state index contributed by atoms with van der Waals surface area (Å²) in [7, 11) is 0. The van der Waals surface area contributed by atoms with Crippen LogP contribution in [0.2, 0.25) is 0 Å². The molecule has 1 N–H and O–H groups in total. The van der Waals surface area contributed by atoms with E-state index in [1.54, 1.807) is 0 Å². The van der Waals surface area contributed by atoms with Gasteiger partial charge in [-0.1, -0.05) is 13.8 Å². The van der Waals surface area contributed by atoms with E-state index in [1.807, 2.05) is 10.9 Å². The highest BCUT2D eigenvalue weighted by molar-refractivity contribution is 5.12. The molecule has 0 amide bonds. The third-order valence-corrected chi connectivity index (χ3v) is 3.33. The summed E-state index contributed by atoms with van der Waals surface area (Å²) >= 11 is 0. The zero-order valence-corrected chi connectivity index (χ0v) is 10.9. The van der Waals surface area contributed by atoms with Crippen molar-refractivity contribution >= 4 is 0 Å². The van der Waals surface area contributed by atoms with Gasteiger partial charge in [0.2, 0.25) is 0 Å². The zero-order valence-electron chi connectivity index (χ0n) is 10.9. The number of rotatable bonds is 6. The van der Waals surface area contributed by atoms with Crippen LogP contribution in [0.15, 0.2) is 12.4 Å². The average molecular weight is 237 g/mol. The number of hydrogen-bond acceptors (Lipinski definition) is 3. The summed E-state index contributed by atoms with van der Waals surface area (Å²) in [5.74, 6) is 0.592. The van der Waals surface area contributed by atoms with Crippen LogP contribution in [0.25, 0.3) is 0 Å². The van der Waals surface area contributed by atoms with Gasteiger partial charge in [0.25, 0.3) is 0 Å². The summed E-state index contributed by atoms with van der Waals surface area (Å²) < 4.78 is 7.53. The summed E-state index contributed by atoms with van der Waals surface area (Å²) in [4.78, 5) is 0. The van der Waals surface area contributed by atoms with Crippen LogP contribution in [0.5, 0.6) is 0 Å². The largest absolute Gasteiger partial charge is 0.381 e. The molecule has 17 heavy (non-hydrogen) atoms. The van der Waals surface area contributed by atoms with Crippen LogP contribution in [-0.4, -0.2) is 29.5 Å². The Morgan fingerprint density at radius 1 is 1.59 bits per heavy atom. The fourth-order valence-electron chi connectivity index (χ4n) is 2.48. The minimum atomic E-state index is 0.396. The molecule has 96 valence electrons. The number of ether oxygens (including phenoxy) is 1. The maximum absolute atomic E-state index is 5.49. The number of nitrogens with one attached hydrogen (secondary N) is 1. The summed E-state index contributed by atoms with van der Waals surface area (Å²) in [6.07, 6.45) is 6.45. The number of hydrogen-bond donors (Lipinski definition) is 1. The molecule has 1 fully saturated rings. The van der Waals surface area contributed by atoms with Crippen LogP contribution in [0.1, 0.15) is 38.3 Å². The highest BCUT2D eigenvalue weighted by Gasteiger charge is 2.27. The molecule has 2 rings (SSSR count). The molecular formula is C13H23N3O. The van der Waals surface area contributed by atoms with Gasteiger partial charge >= 0.3 is 0 Å². The van der Waals surface area contributed by atoms with Crippen LogP contribution in [0, 0.1) is 5.92 Å². The maximum Gasteiger partial charge on any atom is 0.0537 e. The van der Waals surface area contributed by atoms with E-state index < -0.39 is 0 Å². The second-order valence-electron chi connectivity index (χ2n) is 4.70. The van der Waals surface area contributed by atoms with Gasteiger partial charge in [-0.25, -0.2) is 0 Å². The lowest BCUT2D eigenvalue weighted by Crippen LogP contribution is -2.28. The molecule has 0 bridgehead atoms. The van der Waals surface area contributed by atoms with Crippen molar-refractivity contribution in [2.75, 3.05) is 19.8 Å². The quantitative estimate of drug-likeness (QED) is 0.822. The smallest absolute Gasteiger partial charge is 0.0537 e. The van der Waals surface area contributed by atoms with Gasteiger partial charge in [-0.3, -0.25) is 4.68 Å². The lowest BCUT2D eigenvalue weighted by atomic mass is 9.94. The summed E-state index contributed by atoms with van der Waals surface area (Å²) in [5.41, 5.74) is 1.30. The van der Waals surface area contributed by atoms with E-state index >= 15 is 0 Å². The van der Waals surface area contributed by atoms with Gasteiger partial charge in [-0.2, -0.15) is 5.10 Å². The van der Waals surface area contributed by atoms with Crippen molar-refractivity contribution in [1.82, 2.24) is 15.1 Å². The van der Waals surface area contributed by atoms with Gasteiger partial charge in [0, 0.05) is 36.9 Å². The Morgan fingerprint density at radius 3 is 3.12 bits per heavy atom. The van der Waals surface area contributed by atoms with Crippen LogP contribution in [0.4, 0.5) is 0 Å². The molecule has 1 aliphatic heterocycles. The molecule has 0 spiro atoms. The minimum Gasteiger partial charge on any atom is -0.381 e. The third kappa shape index (κ3) is 3.07. The maximum atomic E-state index is 5.49. The average Bonchev–Trinajstić information content (AvgIpc) is 2.97. The standard InChI is InChI=1S/C13H23N3O/c1-3-6-16-9-12(8-15-16)13(14-4-2)11-5-7-17-10-11/h8-9,11,13-14H,3-7,10H2,1-2H3. The Morgan fingerprint density at radius 2 is 2.47 bits per heavy atom. The first-order valence-electron chi connectivity index (χ1n) is 6.68. The molecule has 4 nitrogen and oxygen atoms in total. The molecule has 1 aliphatic rings. The topological polar surface area (TPSA) is 39.1 Å². The Kier molecular flexibility index (Phi) is 4.57. The van der Waals surface area contributed by atoms with Crippen LogP contribution >= 0.6 is 0 Å². The molecule has 1 saturated heterocycles. The molecular weight excluding hydrogens is 214 g/mol. The molecule has 2 atom stereocenters. The van der Waals surface area contributed by atoms with Gasteiger partial charge in [0.1, 0.15) is 0 Å². The predicted molar refractivity (Wildman–Crippen MR) is 67.9 cm³/mol. The lowest BCUT2D eigenvalue weighted by molar-refractivity contribution is 0.177. The van der Waals surface area contributed by atoms with E-state index in [-0.39, 0.29) is 0 Å². The van der Waals surface area contributed by atoms with Crippen molar-refractivity contribution in [2.45, 2.75) is 39.3 Å². The molecule has 1 aromatic heterocycles. The van der Waals surface area contributed by atoms with E-state index in [4.69, 9.17) is 4.74 Å². The fourth-order valence-corrected chi connectivity index (χ4v) is 2.48. The van der Waals surface area contributed by atoms with Crippen molar-refractivity contribution in [3.63, 3.8) is 0 Å². The molecule has 2 unspecified atom stereocenters. The molecule has 0 saturated carbocycles. The number of nitrogens with zero attached hydrogens (tertiary/aromatic N) is 2. The second kappa shape index (κ2) is 6.17. The van der Waals surface area contributed by atoms with Gasteiger partial charge in [-0.05, 0) is 19.4 Å². The predicted octanol–water partition coefficient (Wildman–Crippen LogP) is 1.98. The first-order valence-corrected chi connectivity index (χ1v) is 6.68. The third-order valence-electron chi connectivity index (χ3n) is 3.33. The van der Waals surface area contributed by atoms with E-state index in [9.17, 15) is 0 Å². The van der Waals surface area contributed by atoms with Gasteiger partial charge in [0.15, 0.2) is 0 Å². The van der Waals surface area contributed by atoms with Gasteiger partial charge in [0.05, 0.1) is 12.8 Å². The van der Waals surface area contributed by atoms with Crippen molar-refractivity contribution in [2.24, 2.45) is 5.92 Å². The fraction of sp³-hybridized carbons (Fsp3) is 0.769. The first-order chi connectivity index (χ1) is 8.35. The highest BCUT2D eigenvalue weighted by Crippen LogP contribution is 2.28. The molecule has 2 heterocycles. The van der Waals surface area contributed by atoms with Crippen LogP contribution in [0.3, 0.4) is 0 Å². The Bertz CT molecular complexity index is 331. The second-order valence-corrected chi connectivity index (χ2v) is 4.70. The van der Waals surface area contributed by atoms with Crippen molar-refractivity contribution in [1.29, 1.82) is 0 Å². The van der Waals surface area contributed by atoms with Crippen LogP contribution < -0.4 is 5.32 Å². The Labute approximate surface area is 103 Å². The summed E-state index contributed by atoms with van der Waals surface area (Å²) in [6.45, 7) is 8.08. The lowest BCUT2D eigenvalue weighted by Gasteiger charge is -2.21. The number of aromatic nitrogens is 2. The summed E-state index contributed by atoms with van der Waals surface area (Å²) in [5, 5.41) is 7.98. The molecule has 4 heteroatoms. The minimum absolute atomic E-state index is 0.396. The van der Waals surface area contributed by atoms with Crippen LogP contribution in [-0.2, 0) is 11.3 Å². The molecule has 0 aromatic carbocycles. The van der Waals surface area contributed by atoms with E-state index in [0.29, 0.717) is 12.0 Å². The van der Waals surface area contributed by atoms with Crippen molar-refractivity contribution in [3.05, 3.63) is 18.0 Å². The summed E-state index contributed by atoms with van der Waals surface area (Å²) in [6, 6.07) is 0.396. The first kappa shape index (κ1) is 12.6. The van der Waals surface area contributed by atoms with E-state index in [0.717, 1.165) is 39.1 Å². The normalized spacial score (nSPS) is 21.9. The monoisotopic (exact) mass is 237 g/mol. The highest BCUT2D eigenvalue weighted by atomic mass is 16.5. The SMILES string of the molecule is CCCn1cc(C(NCC)C2CCOC2)cn1. The van der Waals surface area contributed by atoms with E-state index in [2.05, 4.69) is 30.5 Å². The van der Waals surface area contributed by atoms with Crippen molar-refractivity contribution < 1.29 is 4.74 Å². The molecule has 0 aliphatic carbocycles. The molecule has 1 aromatic rings. The van der Waals surface area contributed by atoms with Gasteiger partial charge < -0.3 is 10.1 Å². The van der Waals surface area contributed by atoms with Crippen molar-refractivity contribution in [3.8, 4) is 0 Å². The number of aryl methyl sites for hydroxylation is 1. The van der Waals surface area contributed by atoms with E-state index in [1.165, 1.54) is 5.56 Å². The van der Waals surface area contributed by atoms with Gasteiger partial charge in [-0.15, -0.1) is 0 Å². The Hall–Kier alpha value is -0.870.